The lowest BCUT2D eigenvalue weighted by molar-refractivity contribution is 0.269. The lowest BCUT2D eigenvalue weighted by Crippen LogP contribution is -2.02. The van der Waals surface area contributed by atoms with E-state index in [0.29, 0.717) is 150 Å². The van der Waals surface area contributed by atoms with Crippen LogP contribution in [0.5, 0.6) is 115 Å². The Bertz CT molecular complexity index is 6220. The second-order valence-corrected chi connectivity index (χ2v) is 49.2. The van der Waals surface area contributed by atoms with Crippen molar-refractivity contribution in [2.45, 2.75) is 89.9 Å². The van der Waals surface area contributed by atoms with Gasteiger partial charge in [0, 0.05) is 59.2 Å². The maximum Gasteiger partial charge on any atom is 0.131 e. The van der Waals surface area contributed by atoms with Gasteiger partial charge in [-0.05, 0) is 270 Å². The summed E-state index contributed by atoms with van der Waals surface area (Å²) >= 11 is 16.6. The summed E-state index contributed by atoms with van der Waals surface area (Å²) < 4.78 is 86.5. The van der Waals surface area contributed by atoms with E-state index in [1.54, 1.807) is 12.1 Å². The van der Waals surface area contributed by atoms with Crippen LogP contribution in [0.1, 0.15) is 77.9 Å². The molecule has 0 spiro atoms. The number of aliphatic hydroxyl groups excluding tert-OH is 2. The number of aromatic hydroxyl groups is 2. The number of halogens is 5. The summed E-state index contributed by atoms with van der Waals surface area (Å²) in [5.74, 6) is 12.2. The molecule has 18 aromatic rings. The third-order valence-corrected chi connectivity index (χ3v) is 22.5. The summed E-state index contributed by atoms with van der Waals surface area (Å²) in [6, 6.07) is 144. The molecule has 0 unspecified atom stereocenters. The minimum absolute atomic E-state index is 0.0379. The summed E-state index contributed by atoms with van der Waals surface area (Å²) in [5.41, 5.74) is 13.4. The molecule has 18 nitrogen and oxygen atoms in total. The Morgan fingerprint density at radius 3 is 0.479 bits per heavy atom. The van der Waals surface area contributed by atoms with Crippen LogP contribution >= 0.6 is 82.4 Å². The molecule has 0 fully saturated rings. The number of rotatable bonds is 42. The molecular weight excluding hydrogens is 2180 g/mol. The molecule has 0 aromatic heterocycles. The van der Waals surface area contributed by atoms with Gasteiger partial charge >= 0.3 is 0 Å². The number of benzene rings is 18. The second-order valence-electron chi connectivity index (χ2n) is 32.8. The maximum atomic E-state index is 10.1. The van der Waals surface area contributed by atoms with Gasteiger partial charge in [-0.25, -0.2) is 0 Å². The summed E-state index contributed by atoms with van der Waals surface area (Å²) in [7, 11) is 0. The predicted octanol–water partition coefficient (Wildman–Crippen LogP) is 33.3. The molecule has 146 heavy (non-hydrogen) atoms. The normalized spacial score (nSPS) is 10.5. The van der Waals surface area contributed by atoms with Crippen LogP contribution in [-0.4, -0.2) is 20.4 Å². The van der Waals surface area contributed by atoms with Crippen molar-refractivity contribution in [1.82, 2.24) is 0 Å². The van der Waals surface area contributed by atoms with E-state index >= 15 is 0 Å². The lowest BCUT2D eigenvalue weighted by Gasteiger charge is -2.15. The van der Waals surface area contributed by atoms with Crippen molar-refractivity contribution in [3.05, 3.63) is 527 Å². The first-order chi connectivity index (χ1) is 71.5. The van der Waals surface area contributed by atoms with E-state index in [1.165, 1.54) is 18.2 Å². The Kier molecular flexibility index (Phi) is 43.4. The number of phenols is 2. The Labute approximate surface area is 893 Å². The number of para-hydroxylation sites is 4. The van der Waals surface area contributed by atoms with Crippen molar-refractivity contribution in [1.29, 1.82) is 0 Å². The van der Waals surface area contributed by atoms with Crippen LogP contribution in [0.4, 0.5) is 0 Å². The fourth-order valence-electron chi connectivity index (χ4n) is 14.4. The zero-order valence-electron chi connectivity index (χ0n) is 79.5. The summed E-state index contributed by atoms with van der Waals surface area (Å²) in [6.07, 6.45) is 0. The Hall–Kier alpha value is -14.5. The highest BCUT2D eigenvalue weighted by atomic mass is 80.0. The molecule has 0 aliphatic carbocycles. The van der Waals surface area contributed by atoms with Gasteiger partial charge in [-0.1, -0.05) is 287 Å². The zero-order chi connectivity index (χ0) is 101. The average molecular weight is 2290 g/mol. The van der Waals surface area contributed by atoms with Gasteiger partial charge in [-0.2, -0.15) is 0 Å². The first-order valence-corrected chi connectivity index (χ1v) is 56.2. The third-order valence-electron chi connectivity index (χ3n) is 21.2. The monoisotopic (exact) mass is 2280 g/mol. The minimum Gasteiger partial charge on any atom is -0.508 e. The van der Waals surface area contributed by atoms with E-state index in [2.05, 4.69) is 103 Å². The first-order valence-electron chi connectivity index (χ1n) is 46.6. The fourth-order valence-corrected chi connectivity index (χ4v) is 15.1. The van der Waals surface area contributed by atoms with Crippen molar-refractivity contribution in [3.63, 3.8) is 0 Å². The van der Waals surface area contributed by atoms with Crippen LogP contribution in [0, 0.1) is 0 Å². The first kappa shape index (κ1) is 107. The summed E-state index contributed by atoms with van der Waals surface area (Å²) in [5, 5.41) is 37.8. The van der Waals surface area contributed by atoms with E-state index < -0.39 is 0 Å². The number of ether oxygens (including phenoxy) is 14. The Morgan fingerprint density at radius 1 is 0.158 bits per heavy atom. The predicted molar refractivity (Wildman–Crippen MR) is 594 cm³/mol. The lowest BCUT2D eigenvalue weighted by atomic mass is 10.2. The SMILES string of the molecule is BrCc1cc(OCc2cc(OCc3ccccc3)cc(Oc3ccccc3)c2)cc(OCc2cc(OCc3ccccc3)cc(Oc3ccccc3)c2)c1.BrCc1cc(OCc2ccccc2)cc(OCc2ccccc2)c1.BrP(Br)Br.OCc1cc(O)cc(O)c1.OCc1cc(OCc2cc(OCc3ccccc3)cc(Oc3ccccc3)c2)cc(OCc2cc(OCc3ccccc3)cc(Oc3ccccc3)c2)c1. The van der Waals surface area contributed by atoms with E-state index in [-0.39, 0.29) is 42.0 Å². The molecule has 18 aromatic carbocycles. The molecule has 0 radical (unpaired) electrons. The maximum absolute atomic E-state index is 10.1. The molecule has 742 valence electrons. The van der Waals surface area contributed by atoms with Crippen LogP contribution in [0.2, 0.25) is 0 Å². The van der Waals surface area contributed by atoms with Crippen LogP contribution in [0.25, 0.3) is 0 Å². The third kappa shape index (κ3) is 38.6. The number of phenolic OH excluding ortho intramolecular Hbond substituents is 2. The van der Waals surface area contributed by atoms with Gasteiger partial charge in [-0.15, -0.1) is 0 Å². The van der Waals surface area contributed by atoms with Crippen molar-refractivity contribution in [2.75, 3.05) is 0 Å². The smallest absolute Gasteiger partial charge is 0.131 e. The molecular formula is C122H106Br5O18P. The van der Waals surface area contributed by atoms with Crippen LogP contribution in [-0.2, 0) is 89.9 Å². The molecule has 0 saturated carbocycles. The van der Waals surface area contributed by atoms with Crippen molar-refractivity contribution in [2.24, 2.45) is 0 Å². The van der Waals surface area contributed by atoms with Crippen molar-refractivity contribution < 1.29 is 86.7 Å². The fraction of sp³-hybridized carbons (Fsp3) is 0.115. The minimum atomic E-state index is -0.183. The second kappa shape index (κ2) is 59.1. The number of aliphatic hydroxyl groups is 2. The summed E-state index contributed by atoms with van der Waals surface area (Å²) in [6.45, 7) is 3.47. The van der Waals surface area contributed by atoms with Crippen LogP contribution < -0.4 is 66.3 Å². The van der Waals surface area contributed by atoms with Gasteiger partial charge in [-0.3, -0.25) is 0 Å². The number of hydrogen-bond acceptors (Lipinski definition) is 18. The number of alkyl halides is 2. The van der Waals surface area contributed by atoms with E-state index in [9.17, 15) is 5.11 Å². The van der Waals surface area contributed by atoms with E-state index in [4.69, 9.17) is 81.6 Å². The van der Waals surface area contributed by atoms with Gasteiger partial charge < -0.3 is 86.7 Å². The highest BCUT2D eigenvalue weighted by Gasteiger charge is 2.17. The zero-order valence-corrected chi connectivity index (χ0v) is 88.3. The average Bonchev–Trinajstić information content (AvgIpc) is 0.848. The molecule has 0 bridgehead atoms. The standard InChI is InChI=1S/C47H39BrO6.C47H40O7.C21H19BrO2.C7H8O3.Br3P/c2*48-30-37-21-42(51-33-38-23-44(49-31-35-13-5-1-6-14-35)28-46(25-38)53-40-17-9-3-10-18-40)27-43(22-37)52-34-39-24-45(50-32-36-15-7-2-8-16-36)29-47(26-39)54-41-19-11-4-12-20-41;22-14-19-11-20(23-15-17-7-3-1-4-8-17)13-21(12-19)24-16-18-9-5-2-6-10-18;8-4-5-1-6(9)3-7(10)2-5;1-4(2)3/h1-29H,30-34H2;1-29,48H,30-34H2;1-13H,14-16H2;1-3,8-10H,4H2;. The van der Waals surface area contributed by atoms with Gasteiger partial charge in [0.1, 0.15) is 185 Å². The quantitative estimate of drug-likeness (QED) is 0.0207. The Balaban J connectivity index is 0.000000171. The molecule has 0 heterocycles. The van der Waals surface area contributed by atoms with Crippen molar-refractivity contribution in [3.8, 4) is 115 Å². The molecule has 0 amide bonds. The highest BCUT2D eigenvalue weighted by molar-refractivity contribution is 9.93. The molecule has 0 saturated heterocycles. The van der Waals surface area contributed by atoms with E-state index in [1.807, 2.05) is 394 Å². The molecule has 4 N–H and O–H groups in total. The van der Waals surface area contributed by atoms with Gasteiger partial charge in [0.2, 0.25) is 0 Å². The molecule has 0 atom stereocenters. The Morgan fingerprint density at radius 2 is 0.301 bits per heavy atom. The number of hydrogen-bond donors (Lipinski definition) is 4. The van der Waals surface area contributed by atoms with Crippen LogP contribution in [0.15, 0.2) is 449 Å². The van der Waals surface area contributed by atoms with Gasteiger partial charge in [0.15, 0.2) is 0 Å². The van der Waals surface area contributed by atoms with Crippen LogP contribution in [0.3, 0.4) is 0 Å². The molecule has 0 aliphatic rings. The van der Waals surface area contributed by atoms with Crippen molar-refractivity contribution >= 4 is 82.4 Å². The topological polar surface area (TPSA) is 210 Å². The molecule has 0 aliphatic heterocycles. The molecule has 18 rings (SSSR count). The largest absolute Gasteiger partial charge is 0.508 e. The van der Waals surface area contributed by atoms with Gasteiger partial charge in [0.25, 0.3) is 0 Å². The van der Waals surface area contributed by atoms with Gasteiger partial charge in [0.05, 0.1) is 13.2 Å². The molecule has 24 heteroatoms. The highest BCUT2D eigenvalue weighted by Crippen LogP contribution is 2.59. The van der Waals surface area contributed by atoms with E-state index in [0.717, 1.165) is 95.1 Å². The summed E-state index contributed by atoms with van der Waals surface area (Å²) in [4.78, 5) is 0.